The molecule has 0 aliphatic carbocycles. The fraction of sp³-hybridized carbons (Fsp3) is 0.667. The van der Waals surface area contributed by atoms with E-state index in [2.05, 4.69) is 13.2 Å². The first-order valence-corrected chi connectivity index (χ1v) is 5.37. The van der Waals surface area contributed by atoms with Gasteiger partial charge in [-0.25, -0.2) is 0 Å². The Hall–Kier alpha value is -0.680. The molecule has 4 nitrogen and oxygen atoms in total. The summed E-state index contributed by atoms with van der Waals surface area (Å²) < 4.78 is 15.7. The zero-order chi connectivity index (χ0) is 12.2. The van der Waals surface area contributed by atoms with Gasteiger partial charge in [0.1, 0.15) is 6.10 Å². The molecule has 0 radical (unpaired) electrons. The monoisotopic (exact) mass is 230 g/mol. The number of hydrogen-bond donors (Lipinski definition) is 1. The second-order valence-corrected chi connectivity index (χ2v) is 3.45. The molecule has 0 aromatic carbocycles. The van der Waals surface area contributed by atoms with Gasteiger partial charge in [0.15, 0.2) is 0 Å². The highest BCUT2D eigenvalue weighted by molar-refractivity contribution is 4.65. The third kappa shape index (κ3) is 9.86. The average Bonchev–Trinajstić information content (AvgIpc) is 2.27. The molecule has 2 unspecified atom stereocenters. The standard InChI is InChI=1S/C12H22O4/c1-4-6-14-8-11(3)16-10-12(13)9-15-7-5-2/h4-5,11-13H,1-2,6-10H2,3H3. The Morgan fingerprint density at radius 2 is 1.62 bits per heavy atom. The van der Waals surface area contributed by atoms with E-state index in [1.807, 2.05) is 6.92 Å². The molecule has 4 heteroatoms. The zero-order valence-corrected chi connectivity index (χ0v) is 9.93. The summed E-state index contributed by atoms with van der Waals surface area (Å²) in [5.41, 5.74) is 0. The molecule has 0 saturated carbocycles. The van der Waals surface area contributed by atoms with Crippen molar-refractivity contribution in [3.8, 4) is 0 Å². The molecule has 0 fully saturated rings. The van der Waals surface area contributed by atoms with Crippen molar-refractivity contribution in [2.24, 2.45) is 0 Å². The molecule has 0 bridgehead atoms. The Morgan fingerprint density at radius 3 is 2.19 bits per heavy atom. The molecule has 0 aliphatic rings. The van der Waals surface area contributed by atoms with Crippen LogP contribution in [0, 0.1) is 0 Å². The lowest BCUT2D eigenvalue weighted by molar-refractivity contribution is -0.0569. The maximum atomic E-state index is 9.45. The van der Waals surface area contributed by atoms with Crippen LogP contribution in [0.25, 0.3) is 0 Å². The second kappa shape index (κ2) is 10.8. The lowest BCUT2D eigenvalue weighted by Crippen LogP contribution is -2.26. The van der Waals surface area contributed by atoms with E-state index >= 15 is 0 Å². The van der Waals surface area contributed by atoms with E-state index in [9.17, 15) is 5.11 Å². The first-order chi connectivity index (χ1) is 7.70. The number of hydrogen-bond acceptors (Lipinski definition) is 4. The second-order valence-electron chi connectivity index (χ2n) is 3.45. The SMILES string of the molecule is C=CCOCC(O)COC(C)COCC=C. The Labute approximate surface area is 97.5 Å². The molecule has 2 atom stereocenters. The van der Waals surface area contributed by atoms with Crippen molar-refractivity contribution in [2.45, 2.75) is 19.1 Å². The van der Waals surface area contributed by atoms with Gasteiger partial charge in [-0.3, -0.25) is 0 Å². The van der Waals surface area contributed by atoms with Crippen molar-refractivity contribution in [3.05, 3.63) is 25.3 Å². The molecular weight excluding hydrogens is 208 g/mol. The average molecular weight is 230 g/mol. The van der Waals surface area contributed by atoms with Crippen LogP contribution < -0.4 is 0 Å². The van der Waals surface area contributed by atoms with Crippen molar-refractivity contribution in [1.29, 1.82) is 0 Å². The van der Waals surface area contributed by atoms with Crippen LogP contribution >= 0.6 is 0 Å². The summed E-state index contributed by atoms with van der Waals surface area (Å²) in [4.78, 5) is 0. The normalized spacial score (nSPS) is 14.4. The molecule has 0 amide bonds. The quantitative estimate of drug-likeness (QED) is 0.427. The van der Waals surface area contributed by atoms with Gasteiger partial charge >= 0.3 is 0 Å². The van der Waals surface area contributed by atoms with Crippen LogP contribution in [-0.2, 0) is 14.2 Å². The van der Waals surface area contributed by atoms with E-state index in [0.29, 0.717) is 19.8 Å². The summed E-state index contributed by atoms with van der Waals surface area (Å²) >= 11 is 0. The fourth-order valence-corrected chi connectivity index (χ4v) is 0.976. The molecule has 0 saturated heterocycles. The number of aliphatic hydroxyl groups is 1. The third-order valence-electron chi connectivity index (χ3n) is 1.71. The maximum absolute atomic E-state index is 9.45. The smallest absolute Gasteiger partial charge is 0.101 e. The van der Waals surface area contributed by atoms with E-state index in [0.717, 1.165) is 0 Å². The van der Waals surface area contributed by atoms with Gasteiger partial charge in [-0.2, -0.15) is 0 Å². The Balaban J connectivity index is 3.38. The predicted molar refractivity (Wildman–Crippen MR) is 63.5 cm³/mol. The minimum Gasteiger partial charge on any atom is -0.388 e. The van der Waals surface area contributed by atoms with Gasteiger partial charge < -0.3 is 19.3 Å². The number of rotatable bonds is 11. The Kier molecular flexibility index (Phi) is 10.4. The molecule has 0 rings (SSSR count). The molecule has 0 aliphatic heterocycles. The molecule has 0 aromatic rings. The molecule has 1 N–H and O–H groups in total. The van der Waals surface area contributed by atoms with Crippen molar-refractivity contribution in [3.63, 3.8) is 0 Å². The van der Waals surface area contributed by atoms with Crippen LogP contribution in [-0.4, -0.2) is 50.3 Å². The van der Waals surface area contributed by atoms with Gasteiger partial charge in [0.2, 0.25) is 0 Å². The van der Waals surface area contributed by atoms with E-state index in [1.54, 1.807) is 12.2 Å². The summed E-state index contributed by atoms with van der Waals surface area (Å²) in [5, 5.41) is 9.45. The molecule has 94 valence electrons. The van der Waals surface area contributed by atoms with Crippen molar-refractivity contribution in [1.82, 2.24) is 0 Å². The third-order valence-corrected chi connectivity index (χ3v) is 1.71. The van der Waals surface area contributed by atoms with Crippen LogP contribution in [0.3, 0.4) is 0 Å². The summed E-state index contributed by atoms with van der Waals surface area (Å²) in [7, 11) is 0. The summed E-state index contributed by atoms with van der Waals surface area (Å²) in [6.45, 7) is 10.9. The van der Waals surface area contributed by atoms with Crippen LogP contribution in [0.4, 0.5) is 0 Å². The largest absolute Gasteiger partial charge is 0.388 e. The van der Waals surface area contributed by atoms with Gasteiger partial charge in [0.25, 0.3) is 0 Å². The van der Waals surface area contributed by atoms with E-state index < -0.39 is 6.10 Å². The van der Waals surface area contributed by atoms with Crippen molar-refractivity contribution < 1.29 is 19.3 Å². The minimum absolute atomic E-state index is 0.0472. The van der Waals surface area contributed by atoms with E-state index in [4.69, 9.17) is 14.2 Å². The zero-order valence-electron chi connectivity index (χ0n) is 9.93. The first-order valence-electron chi connectivity index (χ1n) is 5.37. The highest BCUT2D eigenvalue weighted by Gasteiger charge is 2.08. The highest BCUT2D eigenvalue weighted by Crippen LogP contribution is 1.95. The van der Waals surface area contributed by atoms with E-state index in [-0.39, 0.29) is 19.3 Å². The summed E-state index contributed by atoms with van der Waals surface area (Å²) in [6, 6.07) is 0. The first kappa shape index (κ1) is 15.3. The lowest BCUT2D eigenvalue weighted by atomic mass is 10.4. The molecule has 0 spiro atoms. The van der Waals surface area contributed by atoms with E-state index in [1.165, 1.54) is 0 Å². The van der Waals surface area contributed by atoms with Crippen molar-refractivity contribution >= 4 is 0 Å². The molecule has 16 heavy (non-hydrogen) atoms. The molecule has 0 aromatic heterocycles. The Morgan fingerprint density at radius 1 is 1.06 bits per heavy atom. The summed E-state index contributed by atoms with van der Waals surface area (Å²) in [6.07, 6.45) is 2.67. The van der Waals surface area contributed by atoms with Gasteiger partial charge in [-0.15, -0.1) is 13.2 Å². The lowest BCUT2D eigenvalue weighted by Gasteiger charge is -2.16. The minimum atomic E-state index is -0.609. The highest BCUT2D eigenvalue weighted by atomic mass is 16.5. The fourth-order valence-electron chi connectivity index (χ4n) is 0.976. The van der Waals surface area contributed by atoms with Gasteiger partial charge in [0.05, 0.1) is 39.1 Å². The van der Waals surface area contributed by atoms with Crippen LogP contribution in [0.15, 0.2) is 25.3 Å². The Bertz CT molecular complexity index is 162. The predicted octanol–water partition coefficient (Wildman–Crippen LogP) is 1.16. The van der Waals surface area contributed by atoms with Crippen LogP contribution in [0.5, 0.6) is 0 Å². The molecular formula is C12H22O4. The summed E-state index contributed by atoms with van der Waals surface area (Å²) in [5.74, 6) is 0. The van der Waals surface area contributed by atoms with Crippen LogP contribution in [0.2, 0.25) is 0 Å². The van der Waals surface area contributed by atoms with Gasteiger partial charge in [-0.05, 0) is 6.92 Å². The maximum Gasteiger partial charge on any atom is 0.101 e. The van der Waals surface area contributed by atoms with Gasteiger partial charge in [-0.1, -0.05) is 12.2 Å². The van der Waals surface area contributed by atoms with Gasteiger partial charge in [0, 0.05) is 0 Å². The molecule has 0 heterocycles. The van der Waals surface area contributed by atoms with Crippen LogP contribution in [0.1, 0.15) is 6.92 Å². The number of ether oxygens (including phenoxy) is 3. The topological polar surface area (TPSA) is 47.9 Å². The van der Waals surface area contributed by atoms with Crippen molar-refractivity contribution in [2.75, 3.05) is 33.0 Å². The number of aliphatic hydroxyl groups excluding tert-OH is 1.